The third kappa shape index (κ3) is 2.81. The van der Waals surface area contributed by atoms with Gasteiger partial charge in [0.15, 0.2) is 0 Å². The van der Waals surface area contributed by atoms with Gasteiger partial charge in [0.05, 0.1) is 17.9 Å². The molecule has 6 heteroatoms. The maximum absolute atomic E-state index is 12.8. The van der Waals surface area contributed by atoms with E-state index in [1.54, 1.807) is 0 Å². The van der Waals surface area contributed by atoms with Crippen LogP contribution in [0, 0.1) is 0 Å². The van der Waals surface area contributed by atoms with Crippen molar-refractivity contribution in [3.8, 4) is 0 Å². The Kier molecular flexibility index (Phi) is 3.87. The lowest BCUT2D eigenvalue weighted by Crippen LogP contribution is -2.32. The summed E-state index contributed by atoms with van der Waals surface area (Å²) in [5.41, 5.74) is -0.654. The Morgan fingerprint density at radius 3 is 2.89 bits per heavy atom. The van der Waals surface area contributed by atoms with Crippen LogP contribution in [0.3, 0.4) is 0 Å². The van der Waals surface area contributed by atoms with E-state index in [9.17, 15) is 13.2 Å². The fraction of sp³-hybridized carbons (Fsp3) is 0.583. The molecular formula is C12H15F3N2O. The Morgan fingerprint density at radius 2 is 2.22 bits per heavy atom. The van der Waals surface area contributed by atoms with Gasteiger partial charge >= 0.3 is 6.18 Å². The number of halogens is 3. The molecule has 2 heterocycles. The SMILES string of the molecule is OC[C@H]1CCCN1Cc1ncccc1C(F)(F)F. The molecule has 0 aromatic carbocycles. The molecule has 1 aromatic rings. The first-order valence-corrected chi connectivity index (χ1v) is 5.88. The number of hydrogen-bond donors (Lipinski definition) is 1. The molecule has 0 spiro atoms. The van der Waals surface area contributed by atoms with Crippen LogP contribution in [0.4, 0.5) is 13.2 Å². The zero-order valence-corrected chi connectivity index (χ0v) is 9.82. The number of aromatic nitrogens is 1. The summed E-state index contributed by atoms with van der Waals surface area (Å²) in [7, 11) is 0. The summed E-state index contributed by atoms with van der Waals surface area (Å²) in [4.78, 5) is 5.69. The maximum atomic E-state index is 12.8. The molecule has 0 bridgehead atoms. The second kappa shape index (κ2) is 5.24. The molecule has 1 N–H and O–H groups in total. The van der Waals surface area contributed by atoms with Crippen LogP contribution in [0.15, 0.2) is 18.3 Å². The Hall–Kier alpha value is -1.14. The molecule has 1 atom stereocenters. The summed E-state index contributed by atoms with van der Waals surface area (Å²) < 4.78 is 38.4. The number of alkyl halides is 3. The van der Waals surface area contributed by atoms with Crippen molar-refractivity contribution in [2.24, 2.45) is 0 Å². The van der Waals surface area contributed by atoms with Crippen molar-refractivity contribution in [3.05, 3.63) is 29.6 Å². The molecule has 1 aliphatic heterocycles. The minimum absolute atomic E-state index is 0.0197. The number of aliphatic hydroxyl groups excluding tert-OH is 1. The van der Waals surface area contributed by atoms with Crippen molar-refractivity contribution < 1.29 is 18.3 Å². The van der Waals surface area contributed by atoms with Gasteiger partial charge in [-0.15, -0.1) is 0 Å². The highest BCUT2D eigenvalue weighted by Crippen LogP contribution is 2.32. The summed E-state index contributed by atoms with van der Waals surface area (Å²) in [6.07, 6.45) is -1.28. The molecule has 1 saturated heterocycles. The lowest BCUT2D eigenvalue weighted by Gasteiger charge is -2.23. The predicted octanol–water partition coefficient (Wildman–Crippen LogP) is 2.06. The van der Waals surface area contributed by atoms with E-state index < -0.39 is 11.7 Å². The number of likely N-dealkylation sites (tertiary alicyclic amines) is 1. The van der Waals surface area contributed by atoms with Crippen molar-refractivity contribution in [2.75, 3.05) is 13.2 Å². The monoisotopic (exact) mass is 260 g/mol. The summed E-state index contributed by atoms with van der Waals surface area (Å²) >= 11 is 0. The summed E-state index contributed by atoms with van der Waals surface area (Å²) in [6.45, 7) is 0.828. The normalized spacial score (nSPS) is 21.4. The molecule has 18 heavy (non-hydrogen) atoms. The number of rotatable bonds is 3. The molecule has 0 saturated carbocycles. The van der Waals surface area contributed by atoms with E-state index in [0.717, 1.165) is 18.9 Å². The highest BCUT2D eigenvalue weighted by Gasteiger charge is 2.35. The summed E-state index contributed by atoms with van der Waals surface area (Å²) in [6, 6.07) is 2.29. The van der Waals surface area contributed by atoms with Crippen molar-refractivity contribution in [1.29, 1.82) is 0 Å². The van der Waals surface area contributed by atoms with Gasteiger partial charge in [-0.1, -0.05) is 0 Å². The Bertz CT molecular complexity index is 409. The van der Waals surface area contributed by atoms with Gasteiger partial charge in [0.2, 0.25) is 0 Å². The van der Waals surface area contributed by atoms with E-state index in [2.05, 4.69) is 4.98 Å². The van der Waals surface area contributed by atoms with Crippen LogP contribution in [0.2, 0.25) is 0 Å². The van der Waals surface area contributed by atoms with Crippen molar-refractivity contribution in [2.45, 2.75) is 31.6 Å². The fourth-order valence-electron chi connectivity index (χ4n) is 2.32. The first-order valence-electron chi connectivity index (χ1n) is 5.88. The highest BCUT2D eigenvalue weighted by atomic mass is 19.4. The van der Waals surface area contributed by atoms with E-state index in [-0.39, 0.29) is 24.9 Å². The molecule has 0 amide bonds. The van der Waals surface area contributed by atoms with Crippen molar-refractivity contribution in [3.63, 3.8) is 0 Å². The molecule has 0 aliphatic carbocycles. The van der Waals surface area contributed by atoms with Crippen LogP contribution in [0.5, 0.6) is 0 Å². The third-order valence-electron chi connectivity index (χ3n) is 3.26. The Labute approximate surface area is 103 Å². The smallest absolute Gasteiger partial charge is 0.395 e. The first-order chi connectivity index (χ1) is 8.52. The Balaban J connectivity index is 2.19. The van der Waals surface area contributed by atoms with Crippen molar-refractivity contribution >= 4 is 0 Å². The van der Waals surface area contributed by atoms with E-state index >= 15 is 0 Å². The topological polar surface area (TPSA) is 36.4 Å². The largest absolute Gasteiger partial charge is 0.418 e. The minimum atomic E-state index is -4.38. The van der Waals surface area contributed by atoms with E-state index in [4.69, 9.17) is 5.11 Å². The third-order valence-corrected chi connectivity index (χ3v) is 3.26. The molecular weight excluding hydrogens is 245 g/mol. The number of nitrogens with zero attached hydrogens (tertiary/aromatic N) is 2. The van der Waals surface area contributed by atoms with E-state index in [1.165, 1.54) is 12.3 Å². The van der Waals surface area contributed by atoms with Crippen LogP contribution in [0.1, 0.15) is 24.1 Å². The average molecular weight is 260 g/mol. The maximum Gasteiger partial charge on any atom is 0.418 e. The van der Waals surface area contributed by atoms with Gasteiger partial charge in [-0.25, -0.2) is 0 Å². The molecule has 1 aromatic heterocycles. The van der Waals surface area contributed by atoms with Gasteiger partial charge in [-0.2, -0.15) is 13.2 Å². The molecule has 100 valence electrons. The van der Waals surface area contributed by atoms with Gasteiger partial charge in [-0.3, -0.25) is 9.88 Å². The van der Waals surface area contributed by atoms with Gasteiger partial charge in [0.25, 0.3) is 0 Å². The quantitative estimate of drug-likeness (QED) is 0.903. The van der Waals surface area contributed by atoms with Crippen LogP contribution in [0.25, 0.3) is 0 Å². The second-order valence-electron chi connectivity index (χ2n) is 4.44. The van der Waals surface area contributed by atoms with Crippen LogP contribution in [-0.4, -0.2) is 34.2 Å². The summed E-state index contributed by atoms with van der Waals surface area (Å²) in [5, 5.41) is 9.16. The highest BCUT2D eigenvalue weighted by molar-refractivity contribution is 5.23. The number of aliphatic hydroxyl groups is 1. The van der Waals surface area contributed by atoms with Gasteiger partial charge in [0, 0.05) is 18.8 Å². The number of hydrogen-bond acceptors (Lipinski definition) is 3. The minimum Gasteiger partial charge on any atom is -0.395 e. The van der Waals surface area contributed by atoms with Crippen LogP contribution < -0.4 is 0 Å². The van der Waals surface area contributed by atoms with Gasteiger partial charge < -0.3 is 5.11 Å². The molecule has 2 rings (SSSR count). The molecule has 0 radical (unpaired) electrons. The zero-order valence-electron chi connectivity index (χ0n) is 9.82. The molecule has 3 nitrogen and oxygen atoms in total. The van der Waals surface area contributed by atoms with Crippen molar-refractivity contribution in [1.82, 2.24) is 9.88 Å². The van der Waals surface area contributed by atoms with E-state index in [0.29, 0.717) is 6.54 Å². The second-order valence-corrected chi connectivity index (χ2v) is 4.44. The predicted molar refractivity (Wildman–Crippen MR) is 59.8 cm³/mol. The molecule has 0 unspecified atom stereocenters. The van der Waals surface area contributed by atoms with Crippen LogP contribution >= 0.6 is 0 Å². The van der Waals surface area contributed by atoms with Gasteiger partial charge in [-0.05, 0) is 31.5 Å². The van der Waals surface area contributed by atoms with Crippen LogP contribution in [-0.2, 0) is 12.7 Å². The van der Waals surface area contributed by atoms with E-state index in [1.807, 2.05) is 4.90 Å². The fourth-order valence-corrected chi connectivity index (χ4v) is 2.32. The summed E-state index contributed by atoms with van der Waals surface area (Å²) in [5.74, 6) is 0. The Morgan fingerprint density at radius 1 is 1.44 bits per heavy atom. The zero-order chi connectivity index (χ0) is 13.2. The lowest BCUT2D eigenvalue weighted by molar-refractivity contribution is -0.138. The number of pyridine rings is 1. The average Bonchev–Trinajstić information content (AvgIpc) is 2.75. The van der Waals surface area contributed by atoms with Gasteiger partial charge in [0.1, 0.15) is 0 Å². The molecule has 1 fully saturated rings. The standard InChI is InChI=1S/C12H15F3N2O/c13-12(14,15)10-4-1-5-16-11(10)7-17-6-2-3-9(17)8-18/h1,4-5,9,18H,2-3,6-8H2/t9-/m1/s1. The molecule has 1 aliphatic rings. The first kappa shape index (κ1) is 13.3. The lowest BCUT2D eigenvalue weighted by atomic mass is 10.1.